The van der Waals surface area contributed by atoms with E-state index in [1.54, 1.807) is 7.05 Å². The Morgan fingerprint density at radius 1 is 1.28 bits per heavy atom. The molecule has 1 aliphatic rings. The SMILES string of the molecule is Cc1cccc(C)c1OCC1CCCC[N+]1(C)[O-]. The van der Waals surface area contributed by atoms with Crippen LogP contribution in [0.2, 0.25) is 0 Å². The first-order chi connectivity index (χ1) is 8.50. The van der Waals surface area contributed by atoms with E-state index in [9.17, 15) is 5.21 Å². The van der Waals surface area contributed by atoms with Crippen LogP contribution >= 0.6 is 0 Å². The number of likely N-dealkylation sites (tertiary alicyclic amines) is 1. The van der Waals surface area contributed by atoms with Crippen molar-refractivity contribution < 1.29 is 9.38 Å². The summed E-state index contributed by atoms with van der Waals surface area (Å²) in [6.07, 6.45) is 3.17. The number of para-hydroxylation sites is 1. The zero-order valence-electron chi connectivity index (χ0n) is 11.6. The fraction of sp³-hybridized carbons (Fsp3) is 0.600. The number of likely N-dealkylation sites (N-methyl/N-ethyl adjacent to an activating group) is 1. The molecule has 0 spiro atoms. The van der Waals surface area contributed by atoms with Gasteiger partial charge in [-0.3, -0.25) is 0 Å². The third-order valence-electron chi connectivity index (χ3n) is 3.99. The van der Waals surface area contributed by atoms with Crippen molar-refractivity contribution in [2.45, 2.75) is 39.2 Å². The molecule has 1 heterocycles. The first-order valence-electron chi connectivity index (χ1n) is 6.76. The van der Waals surface area contributed by atoms with Gasteiger partial charge in [0.15, 0.2) is 0 Å². The quantitative estimate of drug-likeness (QED) is 0.608. The summed E-state index contributed by atoms with van der Waals surface area (Å²) < 4.78 is 5.78. The number of benzene rings is 1. The van der Waals surface area contributed by atoms with Gasteiger partial charge in [0.1, 0.15) is 18.4 Å². The van der Waals surface area contributed by atoms with Crippen molar-refractivity contribution in [2.75, 3.05) is 20.2 Å². The molecule has 18 heavy (non-hydrogen) atoms. The van der Waals surface area contributed by atoms with Crippen molar-refractivity contribution >= 4 is 0 Å². The Kier molecular flexibility index (Phi) is 3.93. The Bertz CT molecular complexity index is 395. The summed E-state index contributed by atoms with van der Waals surface area (Å²) in [7, 11) is 1.78. The van der Waals surface area contributed by atoms with E-state index in [1.807, 2.05) is 6.07 Å². The highest BCUT2D eigenvalue weighted by Gasteiger charge is 2.29. The van der Waals surface area contributed by atoms with Crippen LogP contribution in [0.1, 0.15) is 30.4 Å². The number of piperidine rings is 1. The van der Waals surface area contributed by atoms with Crippen LogP contribution in [0.4, 0.5) is 0 Å². The molecule has 100 valence electrons. The molecule has 0 aliphatic carbocycles. The molecule has 1 aliphatic heterocycles. The second-order valence-electron chi connectivity index (χ2n) is 5.58. The van der Waals surface area contributed by atoms with Crippen molar-refractivity contribution in [3.05, 3.63) is 34.5 Å². The van der Waals surface area contributed by atoms with E-state index in [-0.39, 0.29) is 10.7 Å². The number of ether oxygens (including phenoxy) is 1. The van der Waals surface area contributed by atoms with Crippen molar-refractivity contribution in [3.63, 3.8) is 0 Å². The molecule has 0 N–H and O–H groups in total. The molecule has 1 fully saturated rings. The fourth-order valence-electron chi connectivity index (χ4n) is 2.71. The molecular weight excluding hydrogens is 226 g/mol. The van der Waals surface area contributed by atoms with Gasteiger partial charge in [-0.05, 0) is 37.8 Å². The van der Waals surface area contributed by atoms with Crippen molar-refractivity contribution in [2.24, 2.45) is 0 Å². The van der Waals surface area contributed by atoms with E-state index in [1.165, 1.54) is 0 Å². The van der Waals surface area contributed by atoms with Gasteiger partial charge in [-0.2, -0.15) is 0 Å². The van der Waals surface area contributed by atoms with E-state index >= 15 is 0 Å². The zero-order chi connectivity index (χ0) is 13.2. The van der Waals surface area contributed by atoms with Gasteiger partial charge in [-0.25, -0.2) is 0 Å². The van der Waals surface area contributed by atoms with Crippen molar-refractivity contribution in [3.8, 4) is 5.75 Å². The van der Waals surface area contributed by atoms with Gasteiger partial charge in [0.05, 0.1) is 13.6 Å². The van der Waals surface area contributed by atoms with Gasteiger partial charge in [0.25, 0.3) is 0 Å². The van der Waals surface area contributed by atoms with Crippen molar-refractivity contribution in [1.82, 2.24) is 0 Å². The minimum absolute atomic E-state index is 0.0813. The maximum Gasteiger partial charge on any atom is 0.140 e. The first kappa shape index (κ1) is 13.4. The molecule has 0 saturated carbocycles. The van der Waals surface area contributed by atoms with E-state index in [4.69, 9.17) is 4.74 Å². The first-order valence-corrected chi connectivity index (χ1v) is 6.76. The summed E-state index contributed by atoms with van der Waals surface area (Å²) in [6.45, 7) is 5.36. The smallest absolute Gasteiger partial charge is 0.140 e. The van der Waals surface area contributed by atoms with Crippen LogP contribution in [0.25, 0.3) is 0 Å². The van der Waals surface area contributed by atoms with Crippen LogP contribution in [0.3, 0.4) is 0 Å². The molecule has 2 atom stereocenters. The standard InChI is InChI=1S/C15H23NO2/c1-12-7-6-8-13(2)15(12)18-11-14-9-4-5-10-16(14,3)17/h6-8,14H,4-5,9-11H2,1-3H3. The predicted molar refractivity (Wildman–Crippen MR) is 73.5 cm³/mol. The average molecular weight is 249 g/mol. The molecule has 1 saturated heterocycles. The predicted octanol–water partition coefficient (Wildman–Crippen LogP) is 3.18. The lowest BCUT2D eigenvalue weighted by atomic mass is 10.0. The number of hydrogen-bond donors (Lipinski definition) is 0. The Hall–Kier alpha value is -1.06. The van der Waals surface area contributed by atoms with Crippen LogP contribution in [0.15, 0.2) is 18.2 Å². The third-order valence-corrected chi connectivity index (χ3v) is 3.99. The molecule has 0 aromatic heterocycles. The lowest BCUT2D eigenvalue weighted by molar-refractivity contribution is -0.891. The molecule has 0 amide bonds. The number of nitrogens with zero attached hydrogens (tertiary/aromatic N) is 1. The molecule has 0 bridgehead atoms. The second kappa shape index (κ2) is 5.29. The van der Waals surface area contributed by atoms with E-state index < -0.39 is 0 Å². The van der Waals surface area contributed by atoms with Crippen molar-refractivity contribution in [1.29, 1.82) is 0 Å². The summed E-state index contributed by atoms with van der Waals surface area (Å²) >= 11 is 0. The van der Waals surface area contributed by atoms with Crippen LogP contribution in [-0.2, 0) is 0 Å². The summed E-state index contributed by atoms with van der Waals surface area (Å²) in [4.78, 5) is 0. The van der Waals surface area contributed by atoms with Crippen LogP contribution in [0, 0.1) is 19.1 Å². The molecule has 2 unspecified atom stereocenters. The Labute approximate surface area is 110 Å². The topological polar surface area (TPSA) is 32.3 Å². The van der Waals surface area contributed by atoms with Gasteiger partial charge in [-0.15, -0.1) is 0 Å². The summed E-state index contributed by atoms with van der Waals surface area (Å²) in [5.41, 5.74) is 2.29. The van der Waals surface area contributed by atoms with Crippen LogP contribution in [0.5, 0.6) is 5.75 Å². The molecule has 0 radical (unpaired) electrons. The summed E-state index contributed by atoms with van der Waals surface area (Å²) in [5, 5.41) is 12.3. The van der Waals surface area contributed by atoms with Gasteiger partial charge in [0, 0.05) is 6.42 Å². The number of hydroxylamine groups is 3. The lowest BCUT2D eigenvalue weighted by Crippen LogP contribution is -2.53. The fourth-order valence-corrected chi connectivity index (χ4v) is 2.71. The summed E-state index contributed by atoms with van der Waals surface area (Å²) in [5.74, 6) is 0.947. The Balaban J connectivity index is 2.03. The molecule has 3 nitrogen and oxygen atoms in total. The highest BCUT2D eigenvalue weighted by Crippen LogP contribution is 2.26. The Morgan fingerprint density at radius 3 is 2.56 bits per heavy atom. The van der Waals surface area contributed by atoms with Gasteiger partial charge in [0.2, 0.25) is 0 Å². The molecular formula is C15H23NO2. The van der Waals surface area contributed by atoms with E-state index in [2.05, 4.69) is 26.0 Å². The van der Waals surface area contributed by atoms with Gasteiger partial charge in [-0.1, -0.05) is 18.2 Å². The second-order valence-corrected chi connectivity index (χ2v) is 5.58. The van der Waals surface area contributed by atoms with E-state index in [0.717, 1.165) is 42.7 Å². The van der Waals surface area contributed by atoms with Crippen LogP contribution in [-0.4, -0.2) is 30.9 Å². The highest BCUT2D eigenvalue weighted by molar-refractivity contribution is 5.39. The van der Waals surface area contributed by atoms with Crippen LogP contribution < -0.4 is 4.74 Å². The Morgan fingerprint density at radius 2 is 1.94 bits per heavy atom. The third kappa shape index (κ3) is 2.85. The van der Waals surface area contributed by atoms with Gasteiger partial charge >= 0.3 is 0 Å². The largest absolute Gasteiger partial charge is 0.633 e. The number of rotatable bonds is 3. The minimum atomic E-state index is -0.148. The highest BCUT2D eigenvalue weighted by atomic mass is 16.6. The molecule has 2 rings (SSSR count). The maximum atomic E-state index is 12.3. The minimum Gasteiger partial charge on any atom is -0.633 e. The monoisotopic (exact) mass is 249 g/mol. The molecule has 3 heteroatoms. The zero-order valence-corrected chi connectivity index (χ0v) is 11.6. The average Bonchev–Trinajstić information content (AvgIpc) is 2.30. The normalized spacial score (nSPS) is 28.1. The van der Waals surface area contributed by atoms with Gasteiger partial charge < -0.3 is 14.6 Å². The number of hydrogen-bond acceptors (Lipinski definition) is 2. The molecule has 1 aromatic carbocycles. The number of aryl methyl sites for hydroxylation is 2. The summed E-state index contributed by atoms with van der Waals surface area (Å²) in [6, 6.07) is 6.22. The lowest BCUT2D eigenvalue weighted by Gasteiger charge is -2.48. The maximum absolute atomic E-state index is 12.3. The van der Waals surface area contributed by atoms with E-state index in [0.29, 0.717) is 6.61 Å². The molecule has 1 aromatic rings. The number of quaternary nitrogens is 1.